The number of aliphatic hydroxyl groups excluding tert-OH is 7. The van der Waals surface area contributed by atoms with Gasteiger partial charge in [-0.15, -0.1) is 0 Å². The lowest BCUT2D eigenvalue weighted by atomic mass is 9.93. The Balaban J connectivity index is 1.41. The van der Waals surface area contributed by atoms with Gasteiger partial charge >= 0.3 is 5.97 Å². The minimum atomic E-state index is -1.80. The second-order valence-electron chi connectivity index (χ2n) is 10.6. The zero-order chi connectivity index (χ0) is 30.5. The fourth-order valence-corrected chi connectivity index (χ4v) is 5.38. The van der Waals surface area contributed by atoms with E-state index in [4.69, 9.17) is 28.4 Å². The van der Waals surface area contributed by atoms with Gasteiger partial charge in [-0.25, -0.2) is 4.79 Å². The molecule has 2 aromatic rings. The van der Waals surface area contributed by atoms with Crippen molar-refractivity contribution in [2.45, 2.75) is 80.9 Å². The summed E-state index contributed by atoms with van der Waals surface area (Å²) in [4.78, 5) is 12.6. The molecule has 0 radical (unpaired) electrons. The average Bonchev–Trinajstić information content (AvgIpc) is 2.95. The molecule has 0 amide bonds. The number of cyclic esters (lactones) is 1. The van der Waals surface area contributed by atoms with Crippen LogP contribution < -0.4 is 9.47 Å². The molecule has 0 aliphatic carbocycles. The molecule has 2 saturated heterocycles. The fourth-order valence-electron chi connectivity index (χ4n) is 5.38. The van der Waals surface area contributed by atoms with Gasteiger partial charge in [0.25, 0.3) is 0 Å². The van der Waals surface area contributed by atoms with Crippen LogP contribution >= 0.6 is 0 Å². The lowest BCUT2D eigenvalue weighted by Crippen LogP contribution is -2.62. The van der Waals surface area contributed by atoms with Crippen LogP contribution in [0.15, 0.2) is 18.2 Å². The first-order valence-corrected chi connectivity index (χ1v) is 13.3. The number of esters is 1. The predicted octanol–water partition coefficient (Wildman–Crippen LogP) is -2.34. The van der Waals surface area contributed by atoms with Crippen molar-refractivity contribution in [3.05, 3.63) is 29.3 Å². The molecule has 0 aromatic heterocycles. The third kappa shape index (κ3) is 5.48. The van der Waals surface area contributed by atoms with Crippen molar-refractivity contribution in [2.24, 2.45) is 0 Å². The third-order valence-electron chi connectivity index (χ3n) is 7.67. The number of hydrogen-bond donors (Lipinski definition) is 8. The SMILES string of the molecule is COc1cc(O[C@@H]2O[C@H](CO[C@@H]3O[C@H](CO)[C@@H](O)[C@@H](O)[C@H]3O)[C@@H](O)[C@H](O)[C@H]2O)c2c(O)c3c(cc2c1)CC(C)OC3=O. The second-order valence-corrected chi connectivity index (χ2v) is 10.6. The van der Waals surface area contributed by atoms with E-state index in [1.807, 2.05) is 0 Å². The van der Waals surface area contributed by atoms with E-state index in [0.717, 1.165) is 0 Å². The molecule has 232 valence electrons. The monoisotopic (exact) mass is 598 g/mol. The quantitative estimate of drug-likeness (QED) is 0.156. The van der Waals surface area contributed by atoms with Crippen LogP contribution in [0.4, 0.5) is 0 Å². The number of aromatic hydroxyl groups is 1. The van der Waals surface area contributed by atoms with Crippen LogP contribution in [-0.2, 0) is 25.4 Å². The lowest BCUT2D eigenvalue weighted by molar-refractivity contribution is -0.323. The van der Waals surface area contributed by atoms with E-state index in [1.165, 1.54) is 13.2 Å². The van der Waals surface area contributed by atoms with Gasteiger partial charge in [-0.1, -0.05) is 0 Å². The number of carbonyl (C=O) groups excluding carboxylic acids is 1. The van der Waals surface area contributed by atoms with Gasteiger partial charge in [-0.05, 0) is 30.0 Å². The Hall–Kier alpha value is -2.83. The van der Waals surface area contributed by atoms with E-state index in [0.29, 0.717) is 23.1 Å². The molecule has 3 heterocycles. The number of aliphatic hydroxyl groups is 7. The second kappa shape index (κ2) is 12.0. The van der Waals surface area contributed by atoms with E-state index in [9.17, 15) is 45.6 Å². The molecule has 11 atom stereocenters. The number of benzene rings is 2. The first kappa shape index (κ1) is 30.6. The van der Waals surface area contributed by atoms with Crippen LogP contribution in [0.25, 0.3) is 10.8 Å². The minimum Gasteiger partial charge on any atom is -0.506 e. The minimum absolute atomic E-state index is 0.0398. The summed E-state index contributed by atoms with van der Waals surface area (Å²) in [5.41, 5.74) is 0.517. The smallest absolute Gasteiger partial charge is 0.342 e. The Kier molecular flexibility index (Phi) is 8.78. The predicted molar refractivity (Wildman–Crippen MR) is 138 cm³/mol. The summed E-state index contributed by atoms with van der Waals surface area (Å²) in [6.07, 6.45) is -16.2. The van der Waals surface area contributed by atoms with Crippen LogP contribution in [0.1, 0.15) is 22.8 Å². The molecule has 2 fully saturated rings. The van der Waals surface area contributed by atoms with E-state index in [2.05, 4.69) is 0 Å². The molecule has 0 saturated carbocycles. The molecule has 42 heavy (non-hydrogen) atoms. The first-order valence-electron chi connectivity index (χ1n) is 13.3. The summed E-state index contributed by atoms with van der Waals surface area (Å²) in [5, 5.41) is 83.0. The van der Waals surface area contributed by atoms with Gasteiger partial charge in [0.15, 0.2) is 6.29 Å². The highest BCUT2D eigenvalue weighted by molar-refractivity contribution is 6.06. The topological polar surface area (TPSA) is 234 Å². The number of phenols is 1. The van der Waals surface area contributed by atoms with Crippen molar-refractivity contribution in [3.63, 3.8) is 0 Å². The van der Waals surface area contributed by atoms with Crippen molar-refractivity contribution in [3.8, 4) is 17.2 Å². The number of phenolic OH excluding ortho intramolecular Hbond substituents is 1. The largest absolute Gasteiger partial charge is 0.506 e. The average molecular weight is 599 g/mol. The maximum atomic E-state index is 12.6. The standard InChI is InChI=1S/C27H34O15/c1-9-3-10-4-11-5-12(37-2)6-13(16(11)20(31)17(10)25(36)39-9)40-27-24(35)22(33)19(30)15(42-27)8-38-26-23(34)21(32)18(29)14(7-28)41-26/h4-6,9,14-15,18-19,21-24,26-35H,3,7-8H2,1-2H3/t9?,14-,15-,18-,19-,21-,22+,23-,24-,26-,27-/m1/s1. The van der Waals surface area contributed by atoms with Crippen LogP contribution in [0, 0.1) is 0 Å². The fraction of sp³-hybridized carbons (Fsp3) is 0.593. The van der Waals surface area contributed by atoms with Crippen molar-refractivity contribution in [1.29, 1.82) is 0 Å². The molecular weight excluding hydrogens is 564 g/mol. The molecule has 5 rings (SSSR count). The number of methoxy groups -OCH3 is 1. The molecular formula is C27H34O15. The molecule has 15 heteroatoms. The van der Waals surface area contributed by atoms with Gasteiger partial charge in [0, 0.05) is 12.5 Å². The molecule has 1 unspecified atom stereocenters. The molecule has 3 aliphatic rings. The van der Waals surface area contributed by atoms with Gasteiger partial charge in [0.1, 0.15) is 77.7 Å². The van der Waals surface area contributed by atoms with Gasteiger partial charge < -0.3 is 69.3 Å². The first-order chi connectivity index (χ1) is 19.9. The van der Waals surface area contributed by atoms with Crippen LogP contribution in [-0.4, -0.2) is 135 Å². The van der Waals surface area contributed by atoms with Crippen molar-refractivity contribution in [1.82, 2.24) is 0 Å². The number of hydrogen-bond acceptors (Lipinski definition) is 15. The molecule has 0 spiro atoms. The number of fused-ring (bicyclic) bond motifs is 2. The summed E-state index contributed by atoms with van der Waals surface area (Å²) >= 11 is 0. The molecule has 0 bridgehead atoms. The van der Waals surface area contributed by atoms with E-state index < -0.39 is 92.4 Å². The normalized spacial score (nSPS) is 36.8. The number of ether oxygens (including phenoxy) is 6. The third-order valence-corrected chi connectivity index (χ3v) is 7.67. The Morgan fingerprint density at radius 1 is 0.881 bits per heavy atom. The van der Waals surface area contributed by atoms with Crippen LogP contribution in [0.3, 0.4) is 0 Å². The zero-order valence-corrected chi connectivity index (χ0v) is 22.6. The van der Waals surface area contributed by atoms with Crippen molar-refractivity contribution >= 4 is 16.7 Å². The Labute approximate surface area is 238 Å². The summed E-state index contributed by atoms with van der Waals surface area (Å²) in [6.45, 7) is 0.478. The van der Waals surface area contributed by atoms with Gasteiger partial charge in [0.2, 0.25) is 6.29 Å². The Morgan fingerprint density at radius 2 is 1.52 bits per heavy atom. The molecule has 15 nitrogen and oxygen atoms in total. The molecule has 3 aliphatic heterocycles. The maximum Gasteiger partial charge on any atom is 0.342 e. The highest BCUT2D eigenvalue weighted by atomic mass is 16.7. The summed E-state index contributed by atoms with van der Waals surface area (Å²) in [7, 11) is 1.40. The maximum absolute atomic E-state index is 12.6. The van der Waals surface area contributed by atoms with Crippen LogP contribution in [0.5, 0.6) is 17.2 Å². The van der Waals surface area contributed by atoms with Gasteiger partial charge in [-0.3, -0.25) is 0 Å². The summed E-state index contributed by atoms with van der Waals surface area (Å²) in [6, 6.07) is 4.67. The van der Waals surface area contributed by atoms with Crippen molar-refractivity contribution < 1.29 is 74.1 Å². The molecule has 2 aromatic carbocycles. The lowest BCUT2D eigenvalue weighted by Gasteiger charge is -2.42. The highest BCUT2D eigenvalue weighted by Gasteiger charge is 2.48. The number of rotatable bonds is 7. The molecule has 8 N–H and O–H groups in total. The van der Waals surface area contributed by atoms with Gasteiger partial charge in [-0.2, -0.15) is 0 Å². The van der Waals surface area contributed by atoms with Gasteiger partial charge in [0.05, 0.1) is 25.7 Å². The number of carbonyl (C=O) groups is 1. The van der Waals surface area contributed by atoms with E-state index in [-0.39, 0.29) is 16.7 Å². The van der Waals surface area contributed by atoms with Crippen molar-refractivity contribution in [2.75, 3.05) is 20.3 Å². The summed E-state index contributed by atoms with van der Waals surface area (Å²) in [5.74, 6) is -0.928. The summed E-state index contributed by atoms with van der Waals surface area (Å²) < 4.78 is 33.0. The Morgan fingerprint density at radius 3 is 2.19 bits per heavy atom. The zero-order valence-electron chi connectivity index (χ0n) is 22.6. The van der Waals surface area contributed by atoms with E-state index >= 15 is 0 Å². The van der Waals surface area contributed by atoms with Crippen LogP contribution in [0.2, 0.25) is 0 Å². The highest BCUT2D eigenvalue weighted by Crippen LogP contribution is 2.43. The Bertz CT molecular complexity index is 1300. The van der Waals surface area contributed by atoms with E-state index in [1.54, 1.807) is 19.1 Å².